The third-order valence-electron chi connectivity index (χ3n) is 2.86. The first-order chi connectivity index (χ1) is 6.87. The molecule has 0 saturated heterocycles. The summed E-state index contributed by atoms with van der Waals surface area (Å²) in [7, 11) is 0. The molecule has 5 heteroatoms. The lowest BCUT2D eigenvalue weighted by atomic mass is 9.76. The van der Waals surface area contributed by atoms with Gasteiger partial charge in [-0.1, -0.05) is 0 Å². The number of amides is 1. The van der Waals surface area contributed by atoms with Gasteiger partial charge < -0.3 is 15.7 Å². The van der Waals surface area contributed by atoms with Crippen LogP contribution in [0, 0.1) is 0 Å². The first kappa shape index (κ1) is 12.0. The van der Waals surface area contributed by atoms with Crippen LogP contribution in [0.4, 0.5) is 0 Å². The van der Waals surface area contributed by atoms with Gasteiger partial charge in [-0.3, -0.25) is 9.59 Å². The van der Waals surface area contributed by atoms with E-state index in [1.807, 2.05) is 0 Å². The van der Waals surface area contributed by atoms with Crippen LogP contribution in [0.15, 0.2) is 0 Å². The van der Waals surface area contributed by atoms with Crippen LogP contribution in [0.3, 0.4) is 0 Å². The van der Waals surface area contributed by atoms with Gasteiger partial charge in [0, 0.05) is 6.04 Å². The summed E-state index contributed by atoms with van der Waals surface area (Å²) in [5.74, 6) is -1.23. The van der Waals surface area contributed by atoms with Gasteiger partial charge in [0.2, 0.25) is 5.91 Å². The first-order valence-electron chi connectivity index (χ1n) is 5.18. The molecule has 0 heterocycles. The highest BCUT2D eigenvalue weighted by Gasteiger charge is 2.43. The molecule has 1 amide bonds. The smallest absolute Gasteiger partial charge is 0.323 e. The van der Waals surface area contributed by atoms with Gasteiger partial charge in [0.25, 0.3) is 0 Å². The number of carbonyl (C=O) groups is 2. The molecule has 3 N–H and O–H groups in total. The lowest BCUT2D eigenvalue weighted by molar-refractivity contribution is -0.150. The molecule has 0 unspecified atom stereocenters. The van der Waals surface area contributed by atoms with Crippen LogP contribution < -0.4 is 5.73 Å². The van der Waals surface area contributed by atoms with Gasteiger partial charge in [0.15, 0.2) is 0 Å². The van der Waals surface area contributed by atoms with E-state index in [1.165, 1.54) is 4.90 Å². The van der Waals surface area contributed by atoms with E-state index in [0.717, 1.165) is 6.42 Å². The van der Waals surface area contributed by atoms with Gasteiger partial charge in [0.05, 0.1) is 5.54 Å². The lowest BCUT2D eigenvalue weighted by Gasteiger charge is -2.41. The minimum Gasteiger partial charge on any atom is -0.480 e. The minimum atomic E-state index is -1.00. The van der Waals surface area contributed by atoms with E-state index < -0.39 is 11.5 Å². The van der Waals surface area contributed by atoms with Crippen molar-refractivity contribution in [3.63, 3.8) is 0 Å². The summed E-state index contributed by atoms with van der Waals surface area (Å²) in [5, 5.41) is 8.70. The number of carboxylic acids is 1. The van der Waals surface area contributed by atoms with Crippen molar-refractivity contribution in [1.82, 2.24) is 4.90 Å². The predicted octanol–water partition coefficient (Wildman–Crippen LogP) is 0.189. The zero-order chi connectivity index (χ0) is 11.6. The number of nitrogens with two attached hydrogens (primary N) is 1. The summed E-state index contributed by atoms with van der Waals surface area (Å²) in [6, 6.07) is -0.130. The van der Waals surface area contributed by atoms with Crippen molar-refractivity contribution in [1.29, 1.82) is 0 Å². The number of carboxylic acid groups (broad SMARTS) is 1. The largest absolute Gasteiger partial charge is 0.480 e. The molecule has 1 aliphatic rings. The van der Waals surface area contributed by atoms with E-state index in [4.69, 9.17) is 10.8 Å². The second-order valence-electron chi connectivity index (χ2n) is 4.43. The number of rotatable bonds is 4. The molecule has 0 bridgehead atoms. The van der Waals surface area contributed by atoms with Crippen LogP contribution in [-0.2, 0) is 9.59 Å². The number of hydrogen-bond acceptors (Lipinski definition) is 3. The van der Waals surface area contributed by atoms with Crippen molar-refractivity contribution in [3.8, 4) is 0 Å². The van der Waals surface area contributed by atoms with Crippen molar-refractivity contribution < 1.29 is 14.7 Å². The molecule has 1 aliphatic carbocycles. The van der Waals surface area contributed by atoms with Crippen molar-refractivity contribution >= 4 is 11.9 Å². The Morgan fingerprint density at radius 1 is 1.47 bits per heavy atom. The molecule has 0 aromatic carbocycles. The highest BCUT2D eigenvalue weighted by Crippen LogP contribution is 2.31. The van der Waals surface area contributed by atoms with E-state index in [0.29, 0.717) is 12.8 Å². The second kappa shape index (κ2) is 4.18. The van der Waals surface area contributed by atoms with Crippen molar-refractivity contribution in [3.05, 3.63) is 0 Å². The first-order valence-corrected chi connectivity index (χ1v) is 5.18. The van der Waals surface area contributed by atoms with E-state index >= 15 is 0 Å². The van der Waals surface area contributed by atoms with Crippen LogP contribution in [-0.4, -0.2) is 40.0 Å². The monoisotopic (exact) mass is 214 g/mol. The topological polar surface area (TPSA) is 83.6 Å². The minimum absolute atomic E-state index is 0.130. The molecule has 1 saturated carbocycles. The molecular weight excluding hydrogens is 196 g/mol. The van der Waals surface area contributed by atoms with Crippen molar-refractivity contribution in [2.45, 2.75) is 44.7 Å². The standard InChI is InChI=1S/C10H18N2O3/c1-7(2)12(6-8(13)14)9(15)10(11)4-3-5-10/h7H,3-6,11H2,1-2H3,(H,13,14). The summed E-state index contributed by atoms with van der Waals surface area (Å²) >= 11 is 0. The van der Waals surface area contributed by atoms with E-state index in [2.05, 4.69) is 0 Å². The van der Waals surface area contributed by atoms with Gasteiger partial charge in [-0.25, -0.2) is 0 Å². The van der Waals surface area contributed by atoms with Crippen LogP contribution in [0.5, 0.6) is 0 Å². The molecule has 0 aliphatic heterocycles. The summed E-state index contributed by atoms with van der Waals surface area (Å²) < 4.78 is 0. The highest BCUT2D eigenvalue weighted by atomic mass is 16.4. The van der Waals surface area contributed by atoms with Crippen LogP contribution >= 0.6 is 0 Å². The normalized spacial score (nSPS) is 18.4. The third kappa shape index (κ3) is 2.47. The third-order valence-corrected chi connectivity index (χ3v) is 2.86. The molecule has 0 aromatic rings. The Balaban J connectivity index is 2.71. The van der Waals surface area contributed by atoms with Gasteiger partial charge in [-0.15, -0.1) is 0 Å². The Bertz CT molecular complexity index is 272. The summed E-state index contributed by atoms with van der Waals surface area (Å²) in [6.45, 7) is 3.32. The van der Waals surface area contributed by atoms with E-state index in [9.17, 15) is 9.59 Å². The average molecular weight is 214 g/mol. The lowest BCUT2D eigenvalue weighted by Crippen LogP contribution is -2.61. The maximum Gasteiger partial charge on any atom is 0.323 e. The van der Waals surface area contributed by atoms with Gasteiger partial charge >= 0.3 is 5.97 Å². The summed E-state index contributed by atoms with van der Waals surface area (Å²) in [4.78, 5) is 23.9. The Morgan fingerprint density at radius 3 is 2.27 bits per heavy atom. The molecule has 86 valence electrons. The maximum atomic E-state index is 12.0. The van der Waals surface area contributed by atoms with E-state index in [1.54, 1.807) is 13.8 Å². The van der Waals surface area contributed by atoms with E-state index in [-0.39, 0.29) is 18.5 Å². The fraction of sp³-hybridized carbons (Fsp3) is 0.800. The predicted molar refractivity (Wildman–Crippen MR) is 55.3 cm³/mol. The molecule has 15 heavy (non-hydrogen) atoms. The number of carbonyl (C=O) groups excluding carboxylic acids is 1. The Hall–Kier alpha value is -1.10. The van der Waals surface area contributed by atoms with Gasteiger partial charge in [0.1, 0.15) is 6.54 Å². The fourth-order valence-corrected chi connectivity index (χ4v) is 1.69. The molecule has 1 rings (SSSR count). The van der Waals surface area contributed by atoms with Crippen LogP contribution in [0.2, 0.25) is 0 Å². The van der Waals surface area contributed by atoms with Crippen molar-refractivity contribution in [2.75, 3.05) is 6.54 Å². The average Bonchev–Trinajstić information content (AvgIpc) is 2.08. The molecule has 5 nitrogen and oxygen atoms in total. The number of nitrogens with zero attached hydrogens (tertiary/aromatic N) is 1. The quantitative estimate of drug-likeness (QED) is 0.699. The number of hydrogen-bond donors (Lipinski definition) is 2. The molecular formula is C10H18N2O3. The molecule has 0 radical (unpaired) electrons. The zero-order valence-corrected chi connectivity index (χ0v) is 9.19. The van der Waals surface area contributed by atoms with Crippen LogP contribution in [0.25, 0.3) is 0 Å². The van der Waals surface area contributed by atoms with Crippen molar-refractivity contribution in [2.24, 2.45) is 5.73 Å². The van der Waals surface area contributed by atoms with Gasteiger partial charge in [-0.05, 0) is 33.1 Å². The van der Waals surface area contributed by atoms with Gasteiger partial charge in [-0.2, -0.15) is 0 Å². The van der Waals surface area contributed by atoms with Crippen LogP contribution in [0.1, 0.15) is 33.1 Å². The Labute approximate surface area is 89.2 Å². The number of aliphatic carboxylic acids is 1. The Morgan fingerprint density at radius 2 is 2.00 bits per heavy atom. The Kier molecular flexibility index (Phi) is 3.34. The maximum absolute atomic E-state index is 12.0. The molecule has 0 atom stereocenters. The highest BCUT2D eigenvalue weighted by molar-refractivity contribution is 5.89. The summed E-state index contributed by atoms with van der Waals surface area (Å²) in [5.41, 5.74) is 5.07. The summed E-state index contributed by atoms with van der Waals surface area (Å²) in [6.07, 6.45) is 2.27. The molecule has 0 aromatic heterocycles. The molecule has 0 spiro atoms. The zero-order valence-electron chi connectivity index (χ0n) is 9.19. The fourth-order valence-electron chi connectivity index (χ4n) is 1.69. The molecule has 1 fully saturated rings. The SMILES string of the molecule is CC(C)N(CC(=O)O)C(=O)C1(N)CCC1. The second-order valence-corrected chi connectivity index (χ2v) is 4.43.